The minimum Gasteiger partial charge on any atom is -0.454 e. The second-order valence-corrected chi connectivity index (χ2v) is 12.2. The van der Waals surface area contributed by atoms with E-state index in [4.69, 9.17) is 4.74 Å². The maximum atomic E-state index is 13.3. The number of esters is 1. The molecule has 2 aromatic rings. The van der Waals surface area contributed by atoms with Gasteiger partial charge < -0.3 is 10.1 Å². The molecule has 180 valence electrons. The number of amides is 3. The van der Waals surface area contributed by atoms with Crippen molar-refractivity contribution < 1.29 is 23.9 Å². The summed E-state index contributed by atoms with van der Waals surface area (Å²) in [5.74, 6) is -2.74. The molecule has 1 aliphatic heterocycles. The Bertz CT molecular complexity index is 1150. The van der Waals surface area contributed by atoms with E-state index in [0.29, 0.717) is 24.0 Å². The summed E-state index contributed by atoms with van der Waals surface area (Å²) < 4.78 is 8.43. The smallest absolute Gasteiger partial charge is 0.330 e. The number of carbonyl (C=O) groups is 4. The van der Waals surface area contributed by atoms with Crippen molar-refractivity contribution in [1.82, 2.24) is 4.90 Å². The molecule has 1 heterocycles. The average Bonchev–Trinajstić information content (AvgIpc) is 3.05. The molecule has 2 aromatic carbocycles. The highest BCUT2D eigenvalue weighted by Gasteiger charge is 2.47. The number of anilines is 1. The van der Waals surface area contributed by atoms with Gasteiger partial charge in [-0.3, -0.25) is 19.3 Å². The molecule has 1 aliphatic rings. The maximum absolute atomic E-state index is 13.3. The Hall–Kier alpha value is -0.560. The van der Waals surface area contributed by atoms with Gasteiger partial charge >= 0.3 is 5.97 Å². The zero-order chi connectivity index (χ0) is 25.3. The number of halogens is 4. The number of rotatable bonds is 7. The van der Waals surface area contributed by atoms with Gasteiger partial charge in [0.1, 0.15) is 6.04 Å². The number of hydrogen-bond donors (Lipinski definition) is 1. The zero-order valence-corrected chi connectivity index (χ0v) is 27.0. The Morgan fingerprint density at radius 1 is 0.941 bits per heavy atom. The second-order valence-electron chi connectivity index (χ2n) is 7.84. The first kappa shape index (κ1) is 28.0. The highest BCUT2D eigenvalue weighted by molar-refractivity contribution is 14.1. The van der Waals surface area contributed by atoms with Crippen LogP contribution in [-0.2, 0) is 20.7 Å². The highest BCUT2D eigenvalue weighted by Crippen LogP contribution is 2.39. The van der Waals surface area contributed by atoms with Crippen molar-refractivity contribution in [3.05, 3.63) is 55.2 Å². The Morgan fingerprint density at radius 3 is 1.97 bits per heavy atom. The number of imide groups is 1. The molecule has 7 nitrogen and oxygen atoms in total. The molecule has 0 unspecified atom stereocenters. The van der Waals surface area contributed by atoms with Crippen LogP contribution in [0.3, 0.4) is 0 Å². The van der Waals surface area contributed by atoms with Gasteiger partial charge in [-0.15, -0.1) is 0 Å². The molecule has 1 N–H and O–H groups in total. The fourth-order valence-corrected chi connectivity index (χ4v) is 7.30. The van der Waals surface area contributed by atoms with Crippen molar-refractivity contribution in [2.24, 2.45) is 5.92 Å². The summed E-state index contributed by atoms with van der Waals surface area (Å²) in [6.07, 6.45) is 0.737. The van der Waals surface area contributed by atoms with E-state index in [2.05, 4.69) is 95.7 Å². The lowest BCUT2D eigenvalue weighted by Crippen LogP contribution is -2.49. The van der Waals surface area contributed by atoms with Crippen molar-refractivity contribution in [2.75, 3.05) is 11.9 Å². The van der Waals surface area contributed by atoms with Crippen LogP contribution in [-0.4, -0.2) is 41.2 Å². The van der Waals surface area contributed by atoms with Crippen LogP contribution >= 0.6 is 90.4 Å². The Morgan fingerprint density at radius 2 is 1.47 bits per heavy atom. The second kappa shape index (κ2) is 11.7. The van der Waals surface area contributed by atoms with E-state index in [1.807, 2.05) is 25.1 Å². The van der Waals surface area contributed by atoms with Crippen LogP contribution in [0.5, 0.6) is 0 Å². The van der Waals surface area contributed by atoms with Gasteiger partial charge in [0.15, 0.2) is 6.61 Å². The van der Waals surface area contributed by atoms with Crippen LogP contribution in [0.15, 0.2) is 24.3 Å². The predicted molar refractivity (Wildman–Crippen MR) is 162 cm³/mol. The largest absolute Gasteiger partial charge is 0.454 e. The van der Waals surface area contributed by atoms with Gasteiger partial charge in [0.25, 0.3) is 17.7 Å². The summed E-state index contributed by atoms with van der Waals surface area (Å²) in [5.41, 5.74) is 2.24. The van der Waals surface area contributed by atoms with Crippen LogP contribution < -0.4 is 5.32 Å². The topological polar surface area (TPSA) is 92.8 Å². The van der Waals surface area contributed by atoms with Crippen LogP contribution in [0, 0.1) is 20.2 Å². The number of nitrogens with zero attached hydrogens (tertiary/aromatic N) is 1. The number of hydrogen-bond acceptors (Lipinski definition) is 5. The van der Waals surface area contributed by atoms with Gasteiger partial charge in [-0.1, -0.05) is 39.0 Å². The SMILES string of the molecule is CCc1ccccc1NC(=O)COC(=O)[C@@H](C(C)C)N1C(=O)c2c(I)c(I)c(I)c(I)c2C1=O. The van der Waals surface area contributed by atoms with Crippen LogP contribution in [0.1, 0.15) is 47.1 Å². The molecule has 0 radical (unpaired) electrons. The van der Waals surface area contributed by atoms with E-state index >= 15 is 0 Å². The molecule has 0 fully saturated rings. The molecule has 34 heavy (non-hydrogen) atoms. The third-order valence-corrected chi connectivity index (χ3v) is 12.7. The zero-order valence-electron chi connectivity index (χ0n) is 18.4. The molecule has 0 aromatic heterocycles. The van der Waals surface area contributed by atoms with Crippen molar-refractivity contribution in [2.45, 2.75) is 33.2 Å². The summed E-state index contributed by atoms with van der Waals surface area (Å²) in [4.78, 5) is 53.2. The number of fused-ring (bicyclic) bond motifs is 1. The number of ether oxygens (including phenoxy) is 1. The molecular formula is C23H20I4N2O5. The fraction of sp³-hybridized carbons (Fsp3) is 0.304. The summed E-state index contributed by atoms with van der Waals surface area (Å²) in [5, 5.41) is 2.75. The van der Waals surface area contributed by atoms with Crippen molar-refractivity contribution in [3.63, 3.8) is 0 Å². The van der Waals surface area contributed by atoms with E-state index in [1.165, 1.54) is 0 Å². The van der Waals surface area contributed by atoms with Crippen molar-refractivity contribution in [3.8, 4) is 0 Å². The van der Waals surface area contributed by atoms with Crippen molar-refractivity contribution in [1.29, 1.82) is 0 Å². The number of para-hydroxylation sites is 1. The van der Waals surface area contributed by atoms with Gasteiger partial charge in [0, 0.05) is 20.0 Å². The number of carbonyl (C=O) groups excluding carboxylic acids is 4. The van der Waals surface area contributed by atoms with E-state index in [0.717, 1.165) is 24.0 Å². The summed E-state index contributed by atoms with van der Waals surface area (Å²) in [6, 6.07) is 6.23. The average molecular weight is 912 g/mol. The van der Waals surface area contributed by atoms with Gasteiger partial charge in [-0.2, -0.15) is 0 Å². The number of benzene rings is 2. The number of nitrogens with one attached hydrogen (secondary N) is 1. The van der Waals surface area contributed by atoms with Crippen molar-refractivity contribution >= 4 is 120 Å². The van der Waals surface area contributed by atoms with Gasteiger partial charge in [0.2, 0.25) is 0 Å². The Labute approximate surface area is 252 Å². The predicted octanol–water partition coefficient (Wildman–Crippen LogP) is 5.47. The highest BCUT2D eigenvalue weighted by atomic mass is 127. The summed E-state index contributed by atoms with van der Waals surface area (Å²) >= 11 is 8.43. The van der Waals surface area contributed by atoms with Crippen LogP contribution in [0.2, 0.25) is 0 Å². The lowest BCUT2D eigenvalue weighted by molar-refractivity contribution is -0.152. The summed E-state index contributed by atoms with van der Waals surface area (Å²) in [7, 11) is 0. The molecule has 11 heteroatoms. The van der Waals surface area contributed by atoms with E-state index in [-0.39, 0.29) is 0 Å². The molecule has 0 saturated heterocycles. The molecule has 0 bridgehead atoms. The minimum atomic E-state index is -1.15. The molecule has 0 saturated carbocycles. The molecular weight excluding hydrogens is 892 g/mol. The van der Waals surface area contributed by atoms with E-state index in [9.17, 15) is 19.2 Å². The number of aryl methyl sites for hydroxylation is 1. The normalized spacial score (nSPS) is 13.8. The first-order chi connectivity index (χ1) is 16.0. The monoisotopic (exact) mass is 912 g/mol. The Kier molecular flexibility index (Phi) is 9.61. The third-order valence-electron chi connectivity index (χ3n) is 5.30. The molecule has 0 spiro atoms. The van der Waals surface area contributed by atoms with Crippen LogP contribution in [0.4, 0.5) is 5.69 Å². The first-order valence-corrected chi connectivity index (χ1v) is 14.6. The molecule has 0 aliphatic carbocycles. The summed E-state index contributed by atoms with van der Waals surface area (Å²) in [6.45, 7) is 4.92. The molecule has 1 atom stereocenters. The van der Waals surface area contributed by atoms with Gasteiger partial charge in [-0.25, -0.2) is 4.79 Å². The fourth-order valence-electron chi connectivity index (χ4n) is 3.65. The maximum Gasteiger partial charge on any atom is 0.330 e. The quantitative estimate of drug-likeness (QED) is 0.131. The standard InChI is InChI=1S/C23H20I4N2O5/c1-4-11-7-5-6-8-12(11)28-13(30)9-34-23(33)20(10(2)3)29-21(31)14-15(22(29)32)17(25)19(27)18(26)16(14)24/h5-8,10,20H,4,9H2,1-3H3,(H,28,30)/t20-/m1/s1. The Balaban J connectivity index is 1.81. The van der Waals surface area contributed by atoms with Gasteiger partial charge in [-0.05, 0) is 114 Å². The van der Waals surface area contributed by atoms with Gasteiger partial charge in [0.05, 0.1) is 11.1 Å². The molecule has 3 amide bonds. The van der Waals surface area contributed by atoms with E-state index in [1.54, 1.807) is 19.9 Å². The lowest BCUT2D eigenvalue weighted by atomic mass is 10.0. The third kappa shape index (κ3) is 5.40. The minimum absolute atomic E-state index is 0.312. The van der Waals surface area contributed by atoms with Crippen LogP contribution in [0.25, 0.3) is 0 Å². The van der Waals surface area contributed by atoms with E-state index < -0.39 is 42.3 Å². The first-order valence-electron chi connectivity index (χ1n) is 10.3. The molecule has 3 rings (SSSR count). The lowest BCUT2D eigenvalue weighted by Gasteiger charge is -2.27.